The Labute approximate surface area is 157 Å². The number of hydrogen-bond donors (Lipinski definition) is 2. The molecule has 1 aliphatic heterocycles. The Hall–Kier alpha value is -2.86. The minimum Gasteiger partial charge on any atom is -0.491 e. The van der Waals surface area contributed by atoms with Gasteiger partial charge in [-0.25, -0.2) is 5.48 Å². The summed E-state index contributed by atoms with van der Waals surface area (Å²) in [5.41, 5.74) is 3.71. The summed E-state index contributed by atoms with van der Waals surface area (Å²) in [6.07, 6.45) is 2.60. The lowest BCUT2D eigenvalue weighted by molar-refractivity contribution is -0.137. The molecule has 0 unspecified atom stereocenters. The number of hydrogen-bond acceptors (Lipinski definition) is 4. The summed E-state index contributed by atoms with van der Waals surface area (Å²) in [5.74, 6) is 0.178. The molecule has 2 N–H and O–H groups in total. The molecule has 0 spiro atoms. The van der Waals surface area contributed by atoms with Gasteiger partial charge in [-0.3, -0.25) is 14.8 Å². The van der Waals surface area contributed by atoms with Crippen molar-refractivity contribution in [3.05, 3.63) is 65.2 Å². The third kappa shape index (κ3) is 3.53. The molecule has 6 nitrogen and oxygen atoms in total. The van der Waals surface area contributed by atoms with Gasteiger partial charge in [-0.1, -0.05) is 36.4 Å². The lowest BCUT2D eigenvalue weighted by atomic mass is 9.94. The number of amides is 2. The van der Waals surface area contributed by atoms with Gasteiger partial charge in [0.15, 0.2) is 0 Å². The Bertz CT molecular complexity index is 862. The van der Waals surface area contributed by atoms with E-state index in [9.17, 15) is 9.59 Å². The van der Waals surface area contributed by atoms with Gasteiger partial charge in [0.05, 0.1) is 12.0 Å². The van der Waals surface area contributed by atoms with Crippen molar-refractivity contribution < 1.29 is 19.5 Å². The van der Waals surface area contributed by atoms with E-state index in [-0.39, 0.29) is 11.3 Å². The maximum atomic E-state index is 13.2. The monoisotopic (exact) mass is 366 g/mol. The average Bonchev–Trinajstić information content (AvgIpc) is 3.50. The predicted molar refractivity (Wildman–Crippen MR) is 98.4 cm³/mol. The van der Waals surface area contributed by atoms with Crippen LogP contribution in [0.25, 0.3) is 0 Å². The summed E-state index contributed by atoms with van der Waals surface area (Å²) in [5, 5.41) is 8.79. The molecule has 2 amide bonds. The van der Waals surface area contributed by atoms with E-state index in [1.807, 2.05) is 23.1 Å². The maximum absolute atomic E-state index is 13.2. The third-order valence-electron chi connectivity index (χ3n) is 5.39. The molecule has 0 radical (unpaired) electrons. The summed E-state index contributed by atoms with van der Waals surface area (Å²) in [4.78, 5) is 26.7. The van der Waals surface area contributed by atoms with Gasteiger partial charge in [-0.15, -0.1) is 0 Å². The zero-order valence-electron chi connectivity index (χ0n) is 15.0. The molecule has 1 heterocycles. The van der Waals surface area contributed by atoms with Gasteiger partial charge < -0.3 is 9.64 Å². The number of benzene rings is 2. The molecule has 1 fully saturated rings. The summed E-state index contributed by atoms with van der Waals surface area (Å²) < 4.78 is 5.76. The summed E-state index contributed by atoms with van der Waals surface area (Å²) in [6, 6.07) is 15.1. The number of nitrogens with zero attached hydrogens (tertiary/aromatic N) is 1. The van der Waals surface area contributed by atoms with E-state index < -0.39 is 5.91 Å². The van der Waals surface area contributed by atoms with Gasteiger partial charge in [-0.05, 0) is 37.0 Å². The lowest BCUT2D eigenvalue weighted by Crippen LogP contribution is -2.39. The van der Waals surface area contributed by atoms with Crippen molar-refractivity contribution in [1.29, 1.82) is 0 Å². The Morgan fingerprint density at radius 1 is 1.15 bits per heavy atom. The summed E-state index contributed by atoms with van der Waals surface area (Å²) in [6.45, 7) is 1.36. The molecular weight excluding hydrogens is 344 g/mol. The summed E-state index contributed by atoms with van der Waals surface area (Å²) >= 11 is 0. The van der Waals surface area contributed by atoms with Crippen molar-refractivity contribution in [2.24, 2.45) is 5.41 Å². The summed E-state index contributed by atoms with van der Waals surface area (Å²) in [7, 11) is 0. The van der Waals surface area contributed by atoms with Crippen LogP contribution in [0.2, 0.25) is 0 Å². The number of carbonyl (C=O) groups is 2. The molecule has 6 heteroatoms. The second-order valence-electron chi connectivity index (χ2n) is 7.28. The van der Waals surface area contributed by atoms with Crippen molar-refractivity contribution in [2.45, 2.75) is 25.8 Å². The van der Waals surface area contributed by atoms with Crippen LogP contribution in [0.15, 0.2) is 48.5 Å². The zero-order valence-corrected chi connectivity index (χ0v) is 15.0. The fourth-order valence-corrected chi connectivity index (χ4v) is 3.69. The molecule has 2 aromatic carbocycles. The van der Waals surface area contributed by atoms with Gasteiger partial charge in [0, 0.05) is 17.7 Å². The van der Waals surface area contributed by atoms with E-state index in [4.69, 9.17) is 9.94 Å². The van der Waals surface area contributed by atoms with E-state index in [0.29, 0.717) is 31.0 Å². The predicted octanol–water partition coefficient (Wildman–Crippen LogP) is 2.55. The number of fused-ring (bicyclic) bond motifs is 1. The SMILES string of the molecule is O=C(NO)c1ccc2c(c1)OCCN(C(=O)C1(Cc3ccccc3)CC1)C2. The molecule has 4 rings (SSSR count). The highest BCUT2D eigenvalue weighted by Crippen LogP contribution is 2.50. The van der Waals surface area contributed by atoms with Gasteiger partial charge in [0.25, 0.3) is 5.91 Å². The molecule has 140 valence electrons. The molecule has 1 saturated carbocycles. The van der Waals surface area contributed by atoms with Crippen molar-refractivity contribution in [1.82, 2.24) is 10.4 Å². The standard InChI is InChI=1S/C21H22N2O4/c24-19(22-26)16-6-7-17-14-23(10-11-27-18(17)12-16)20(25)21(8-9-21)13-15-4-2-1-3-5-15/h1-7,12,26H,8-11,13-14H2,(H,22,24). The van der Waals surface area contributed by atoms with E-state index in [1.165, 1.54) is 5.56 Å². The fourth-order valence-electron chi connectivity index (χ4n) is 3.69. The zero-order chi connectivity index (χ0) is 18.9. The molecular formula is C21H22N2O4. The molecule has 2 aliphatic rings. The largest absolute Gasteiger partial charge is 0.491 e. The smallest absolute Gasteiger partial charge is 0.274 e. The molecule has 0 atom stereocenters. The van der Waals surface area contributed by atoms with E-state index in [1.54, 1.807) is 23.7 Å². The molecule has 27 heavy (non-hydrogen) atoms. The molecule has 0 aromatic heterocycles. The molecule has 2 aromatic rings. The van der Waals surface area contributed by atoms with Crippen LogP contribution < -0.4 is 10.2 Å². The topological polar surface area (TPSA) is 78.9 Å². The van der Waals surface area contributed by atoms with E-state index >= 15 is 0 Å². The van der Waals surface area contributed by atoms with Crippen LogP contribution in [0.3, 0.4) is 0 Å². The molecule has 0 saturated heterocycles. The van der Waals surface area contributed by atoms with Crippen molar-refractivity contribution >= 4 is 11.8 Å². The first-order chi connectivity index (χ1) is 13.1. The first-order valence-electron chi connectivity index (χ1n) is 9.15. The van der Waals surface area contributed by atoms with Crippen LogP contribution >= 0.6 is 0 Å². The van der Waals surface area contributed by atoms with Gasteiger partial charge in [0.1, 0.15) is 12.4 Å². The normalized spacial score (nSPS) is 17.3. The van der Waals surface area contributed by atoms with Crippen LogP contribution in [-0.4, -0.2) is 35.1 Å². The minimum absolute atomic E-state index is 0.181. The maximum Gasteiger partial charge on any atom is 0.274 e. The van der Waals surface area contributed by atoms with Crippen molar-refractivity contribution in [3.63, 3.8) is 0 Å². The number of carbonyl (C=O) groups excluding carboxylic acids is 2. The third-order valence-corrected chi connectivity index (χ3v) is 5.39. The van der Waals surface area contributed by atoms with Gasteiger partial charge in [-0.2, -0.15) is 0 Å². The number of ether oxygens (including phenoxy) is 1. The molecule has 1 aliphatic carbocycles. The minimum atomic E-state index is -0.585. The first kappa shape index (κ1) is 17.5. The first-order valence-corrected chi connectivity index (χ1v) is 9.15. The Morgan fingerprint density at radius 2 is 1.93 bits per heavy atom. The van der Waals surface area contributed by atoms with Crippen LogP contribution in [0.5, 0.6) is 5.75 Å². The fraction of sp³-hybridized carbons (Fsp3) is 0.333. The quantitative estimate of drug-likeness (QED) is 0.644. The lowest BCUT2D eigenvalue weighted by Gasteiger charge is -2.25. The Kier molecular flexibility index (Phi) is 4.58. The highest BCUT2D eigenvalue weighted by atomic mass is 16.5. The second-order valence-corrected chi connectivity index (χ2v) is 7.28. The average molecular weight is 366 g/mol. The number of rotatable bonds is 4. The second kappa shape index (κ2) is 7.04. The van der Waals surface area contributed by atoms with Crippen LogP contribution in [0.1, 0.15) is 34.3 Å². The van der Waals surface area contributed by atoms with Crippen LogP contribution in [-0.2, 0) is 17.8 Å². The van der Waals surface area contributed by atoms with Gasteiger partial charge in [0.2, 0.25) is 5.91 Å². The van der Waals surface area contributed by atoms with Crippen molar-refractivity contribution in [2.75, 3.05) is 13.2 Å². The highest BCUT2D eigenvalue weighted by Gasteiger charge is 2.51. The van der Waals surface area contributed by atoms with E-state index in [2.05, 4.69) is 12.1 Å². The number of hydroxylamine groups is 1. The molecule has 0 bridgehead atoms. The van der Waals surface area contributed by atoms with Crippen LogP contribution in [0, 0.1) is 5.41 Å². The number of nitrogens with one attached hydrogen (secondary N) is 1. The van der Waals surface area contributed by atoms with Crippen LogP contribution in [0.4, 0.5) is 0 Å². The van der Waals surface area contributed by atoms with E-state index in [0.717, 1.165) is 24.8 Å². The highest BCUT2D eigenvalue weighted by molar-refractivity contribution is 5.94. The van der Waals surface area contributed by atoms with Gasteiger partial charge >= 0.3 is 0 Å². The Balaban J connectivity index is 1.52. The van der Waals surface area contributed by atoms with Crippen molar-refractivity contribution in [3.8, 4) is 5.75 Å². The Morgan fingerprint density at radius 3 is 2.63 bits per heavy atom.